The lowest BCUT2D eigenvalue weighted by atomic mass is 9.73. The summed E-state index contributed by atoms with van der Waals surface area (Å²) >= 11 is 0. The van der Waals surface area contributed by atoms with Crippen molar-refractivity contribution in [3.63, 3.8) is 0 Å². The molecule has 1 fully saturated rings. The molecule has 11 heavy (non-hydrogen) atoms. The molecule has 0 aromatic rings. The van der Waals surface area contributed by atoms with Crippen molar-refractivity contribution in [2.75, 3.05) is 0 Å². The fourth-order valence-electron chi connectivity index (χ4n) is 1.66. The van der Waals surface area contributed by atoms with Crippen LogP contribution in [-0.4, -0.2) is 11.4 Å². The Balaban J connectivity index is 2.36. The van der Waals surface area contributed by atoms with Crippen molar-refractivity contribution >= 4 is 6.21 Å². The molecule has 1 aliphatic carbocycles. The van der Waals surface area contributed by atoms with Crippen LogP contribution in [0, 0.1) is 11.3 Å². The van der Waals surface area contributed by atoms with Gasteiger partial charge in [0.2, 0.25) is 0 Å². The van der Waals surface area contributed by atoms with Crippen LogP contribution in [0.4, 0.5) is 0 Å². The van der Waals surface area contributed by atoms with Crippen LogP contribution in [-0.2, 0) is 0 Å². The molecule has 0 saturated heterocycles. The van der Waals surface area contributed by atoms with E-state index in [1.807, 2.05) is 0 Å². The highest BCUT2D eigenvalue weighted by atomic mass is 16.4. The van der Waals surface area contributed by atoms with Gasteiger partial charge in [-0.2, -0.15) is 0 Å². The fraction of sp³-hybridized carbons (Fsp3) is 0.889. The first kappa shape index (κ1) is 8.57. The van der Waals surface area contributed by atoms with E-state index in [1.165, 1.54) is 25.7 Å². The summed E-state index contributed by atoms with van der Waals surface area (Å²) in [5.74, 6) is 0.521. The number of rotatable bonds is 1. The highest BCUT2D eigenvalue weighted by molar-refractivity contribution is 5.59. The summed E-state index contributed by atoms with van der Waals surface area (Å²) in [6.07, 6.45) is 6.54. The summed E-state index contributed by atoms with van der Waals surface area (Å²) in [5.41, 5.74) is 0.514. The Bertz CT molecular complexity index is 142. The van der Waals surface area contributed by atoms with Gasteiger partial charge in [0.15, 0.2) is 0 Å². The molecule has 0 heterocycles. The van der Waals surface area contributed by atoms with Crippen molar-refractivity contribution in [1.82, 2.24) is 0 Å². The molecule has 0 atom stereocenters. The number of nitrogens with zero attached hydrogens (tertiary/aromatic N) is 1. The van der Waals surface area contributed by atoms with E-state index in [2.05, 4.69) is 19.0 Å². The molecule has 2 heteroatoms. The predicted molar refractivity (Wildman–Crippen MR) is 46.0 cm³/mol. The average molecular weight is 155 g/mol. The maximum absolute atomic E-state index is 8.32. The van der Waals surface area contributed by atoms with Gasteiger partial charge in [-0.15, -0.1) is 5.16 Å². The first-order valence-electron chi connectivity index (χ1n) is 4.32. The van der Waals surface area contributed by atoms with Crippen molar-refractivity contribution in [3.8, 4) is 0 Å². The lowest BCUT2D eigenvalue weighted by molar-refractivity contribution is 0.220. The summed E-state index contributed by atoms with van der Waals surface area (Å²) in [6.45, 7) is 4.61. The van der Waals surface area contributed by atoms with Crippen LogP contribution in [0.3, 0.4) is 0 Å². The average Bonchev–Trinajstić information content (AvgIpc) is 1.94. The van der Waals surface area contributed by atoms with E-state index in [0.29, 0.717) is 11.3 Å². The first-order valence-corrected chi connectivity index (χ1v) is 4.32. The molecule has 1 aliphatic rings. The Morgan fingerprint density at radius 1 is 1.36 bits per heavy atom. The van der Waals surface area contributed by atoms with Gasteiger partial charge in [-0.1, -0.05) is 13.8 Å². The minimum absolute atomic E-state index is 0.514. The Morgan fingerprint density at radius 3 is 2.36 bits per heavy atom. The topological polar surface area (TPSA) is 32.6 Å². The fourth-order valence-corrected chi connectivity index (χ4v) is 1.66. The van der Waals surface area contributed by atoms with Crippen LogP contribution in [0.2, 0.25) is 0 Å². The van der Waals surface area contributed by atoms with Crippen LogP contribution >= 0.6 is 0 Å². The molecule has 0 aromatic carbocycles. The van der Waals surface area contributed by atoms with E-state index in [1.54, 1.807) is 6.21 Å². The largest absolute Gasteiger partial charge is 0.411 e. The third kappa shape index (κ3) is 2.52. The SMILES string of the molecule is CC1(C)CCC(/C=N/O)CC1. The standard InChI is InChI=1S/C9H17NO/c1-9(2)5-3-8(4-6-9)7-10-11/h7-8,11H,3-6H2,1-2H3/b10-7+. The van der Waals surface area contributed by atoms with E-state index in [9.17, 15) is 0 Å². The zero-order valence-corrected chi connectivity index (χ0v) is 7.38. The molecule has 64 valence electrons. The van der Waals surface area contributed by atoms with Crippen LogP contribution in [0.1, 0.15) is 39.5 Å². The third-order valence-electron chi connectivity index (χ3n) is 2.66. The molecule has 0 aliphatic heterocycles. The summed E-state index contributed by atoms with van der Waals surface area (Å²) in [7, 11) is 0. The molecule has 0 amide bonds. The lowest BCUT2D eigenvalue weighted by Gasteiger charge is -2.32. The summed E-state index contributed by atoms with van der Waals surface area (Å²) in [5, 5.41) is 11.4. The van der Waals surface area contributed by atoms with Gasteiger partial charge in [-0.05, 0) is 37.0 Å². The molecule has 0 aromatic heterocycles. The van der Waals surface area contributed by atoms with Gasteiger partial charge in [0.05, 0.1) is 0 Å². The smallest absolute Gasteiger partial charge is 0.0466 e. The van der Waals surface area contributed by atoms with Gasteiger partial charge in [-0.25, -0.2) is 0 Å². The lowest BCUT2D eigenvalue weighted by Crippen LogP contribution is -2.21. The molecule has 0 bridgehead atoms. The van der Waals surface area contributed by atoms with Gasteiger partial charge in [0.1, 0.15) is 0 Å². The zero-order valence-electron chi connectivity index (χ0n) is 7.38. The zero-order chi connectivity index (χ0) is 8.32. The molecule has 0 spiro atoms. The van der Waals surface area contributed by atoms with E-state index in [4.69, 9.17) is 5.21 Å². The van der Waals surface area contributed by atoms with Crippen LogP contribution in [0.15, 0.2) is 5.16 Å². The minimum atomic E-state index is 0.514. The summed E-state index contributed by atoms with van der Waals surface area (Å²) < 4.78 is 0. The van der Waals surface area contributed by atoms with E-state index in [0.717, 1.165) is 0 Å². The highest BCUT2D eigenvalue weighted by Gasteiger charge is 2.25. The Hall–Kier alpha value is -0.530. The first-order chi connectivity index (χ1) is 5.14. The molecule has 1 rings (SSSR count). The van der Waals surface area contributed by atoms with Crippen LogP contribution < -0.4 is 0 Å². The second-order valence-corrected chi connectivity index (χ2v) is 4.27. The summed E-state index contributed by atoms with van der Waals surface area (Å²) in [6, 6.07) is 0. The second kappa shape index (κ2) is 3.24. The molecule has 1 N–H and O–H groups in total. The molecule has 0 radical (unpaired) electrons. The molecule has 2 nitrogen and oxygen atoms in total. The van der Waals surface area contributed by atoms with E-state index in [-0.39, 0.29) is 0 Å². The monoisotopic (exact) mass is 155 g/mol. The summed E-state index contributed by atoms with van der Waals surface area (Å²) in [4.78, 5) is 0. The molecule has 1 saturated carbocycles. The van der Waals surface area contributed by atoms with Crippen LogP contribution in [0.25, 0.3) is 0 Å². The Kier molecular flexibility index (Phi) is 2.53. The van der Waals surface area contributed by atoms with Crippen molar-refractivity contribution in [2.45, 2.75) is 39.5 Å². The maximum atomic E-state index is 8.32. The Morgan fingerprint density at radius 2 is 1.91 bits per heavy atom. The molecular formula is C9H17NO. The van der Waals surface area contributed by atoms with Gasteiger partial charge in [-0.3, -0.25) is 0 Å². The second-order valence-electron chi connectivity index (χ2n) is 4.27. The third-order valence-corrected chi connectivity index (χ3v) is 2.66. The normalized spacial score (nSPS) is 26.0. The minimum Gasteiger partial charge on any atom is -0.411 e. The van der Waals surface area contributed by atoms with Crippen molar-refractivity contribution in [3.05, 3.63) is 0 Å². The van der Waals surface area contributed by atoms with Gasteiger partial charge < -0.3 is 5.21 Å². The number of hydrogen-bond donors (Lipinski definition) is 1. The predicted octanol–water partition coefficient (Wildman–Crippen LogP) is 2.66. The Labute approximate surface area is 68.3 Å². The quantitative estimate of drug-likeness (QED) is 0.352. The molecular weight excluding hydrogens is 138 g/mol. The highest BCUT2D eigenvalue weighted by Crippen LogP contribution is 2.37. The molecule has 0 unspecified atom stereocenters. The number of hydrogen-bond acceptors (Lipinski definition) is 2. The van der Waals surface area contributed by atoms with E-state index < -0.39 is 0 Å². The van der Waals surface area contributed by atoms with Crippen LogP contribution in [0.5, 0.6) is 0 Å². The van der Waals surface area contributed by atoms with Crippen molar-refractivity contribution < 1.29 is 5.21 Å². The van der Waals surface area contributed by atoms with Gasteiger partial charge in [0, 0.05) is 6.21 Å². The number of oxime groups is 1. The van der Waals surface area contributed by atoms with Gasteiger partial charge >= 0.3 is 0 Å². The maximum Gasteiger partial charge on any atom is 0.0466 e. The van der Waals surface area contributed by atoms with E-state index >= 15 is 0 Å². The van der Waals surface area contributed by atoms with Gasteiger partial charge in [0.25, 0.3) is 0 Å². The van der Waals surface area contributed by atoms with Crippen molar-refractivity contribution in [1.29, 1.82) is 0 Å². The van der Waals surface area contributed by atoms with Crippen molar-refractivity contribution in [2.24, 2.45) is 16.5 Å².